The maximum atomic E-state index is 16.4. The highest BCUT2D eigenvalue weighted by molar-refractivity contribution is 5.97. The topological polar surface area (TPSA) is 160 Å². The normalized spacial score (nSPS) is 22.3. The quantitative estimate of drug-likeness (QED) is 0.312. The average Bonchev–Trinajstić information content (AvgIpc) is 3.48. The molecule has 0 aromatic carbocycles. The summed E-state index contributed by atoms with van der Waals surface area (Å²) in [6.07, 6.45) is -8.84. The number of pyridine rings is 2. The number of aliphatic carboxylic acids is 1. The van der Waals surface area contributed by atoms with E-state index in [1.807, 2.05) is 4.90 Å². The Morgan fingerprint density at radius 2 is 1.86 bits per heavy atom. The summed E-state index contributed by atoms with van der Waals surface area (Å²) in [6.45, 7) is 2.08. The second-order valence-corrected chi connectivity index (χ2v) is 12.0. The maximum Gasteiger partial charge on any atom is 0.490 e. The van der Waals surface area contributed by atoms with E-state index in [9.17, 15) is 35.8 Å². The molecule has 0 saturated carbocycles. The number of nitrogens with zero attached hydrogens (tertiary/aromatic N) is 6. The first kappa shape index (κ1) is 36.0. The Morgan fingerprint density at radius 3 is 2.49 bits per heavy atom. The van der Waals surface area contributed by atoms with Crippen LogP contribution < -0.4 is 20.1 Å². The number of alkyl halides is 7. The van der Waals surface area contributed by atoms with E-state index in [-0.39, 0.29) is 72.7 Å². The summed E-state index contributed by atoms with van der Waals surface area (Å²) in [4.78, 5) is 29.4. The number of hydrogen-bond acceptors (Lipinski definition) is 11. The lowest BCUT2D eigenvalue weighted by Gasteiger charge is -2.31. The molecule has 0 aliphatic carbocycles. The fourth-order valence-electron chi connectivity index (χ4n) is 6.45. The van der Waals surface area contributed by atoms with Crippen molar-refractivity contribution in [1.29, 1.82) is 0 Å². The molecule has 268 valence electrons. The van der Waals surface area contributed by atoms with E-state index in [0.717, 1.165) is 19.0 Å². The van der Waals surface area contributed by atoms with E-state index in [1.165, 1.54) is 6.92 Å². The summed E-state index contributed by atoms with van der Waals surface area (Å²) in [5.74, 6) is -4.22. The monoisotopic (exact) mass is 709 g/mol. The fourth-order valence-corrected chi connectivity index (χ4v) is 6.45. The number of rotatable bonds is 6. The van der Waals surface area contributed by atoms with Gasteiger partial charge in [0.15, 0.2) is 5.82 Å². The number of halogens is 8. The highest BCUT2D eigenvalue weighted by atomic mass is 19.4. The van der Waals surface area contributed by atoms with Crippen LogP contribution in [0.4, 0.5) is 46.8 Å². The summed E-state index contributed by atoms with van der Waals surface area (Å²) in [6, 6.07) is 0.382. The molecule has 4 N–H and O–H groups in total. The first-order valence-corrected chi connectivity index (χ1v) is 14.9. The highest BCUT2D eigenvalue weighted by Crippen LogP contribution is 2.45. The number of carboxylic acids is 1. The predicted octanol–water partition coefficient (Wildman–Crippen LogP) is 4.30. The minimum absolute atomic E-state index is 0.0255. The van der Waals surface area contributed by atoms with Crippen LogP contribution in [0.5, 0.6) is 11.9 Å². The van der Waals surface area contributed by atoms with E-state index in [0.29, 0.717) is 13.0 Å². The molecule has 6 heterocycles. The van der Waals surface area contributed by atoms with Crippen LogP contribution in [0.1, 0.15) is 36.8 Å². The zero-order valence-corrected chi connectivity index (χ0v) is 26.0. The second kappa shape index (κ2) is 13.2. The number of likely N-dealkylation sites (N-methyl/N-ethyl adjacent to an activating group) is 1. The van der Waals surface area contributed by atoms with Gasteiger partial charge in [0.25, 0.3) is 0 Å². The number of ether oxygens (including phenoxy) is 2. The van der Waals surface area contributed by atoms with Gasteiger partial charge >= 0.3 is 24.3 Å². The molecule has 49 heavy (non-hydrogen) atoms. The number of hydrogen-bond donors (Lipinski definition) is 3. The molecule has 3 aromatic heterocycles. The molecule has 12 nitrogen and oxygen atoms in total. The third-order valence-electron chi connectivity index (χ3n) is 8.69. The van der Waals surface area contributed by atoms with Gasteiger partial charge in [-0.15, -0.1) is 0 Å². The number of aryl methyl sites for hydroxylation is 1. The molecule has 20 heteroatoms. The van der Waals surface area contributed by atoms with Crippen LogP contribution in [-0.4, -0.2) is 105 Å². The van der Waals surface area contributed by atoms with Crippen molar-refractivity contribution < 1.29 is 59.6 Å². The number of carbonyl (C=O) groups is 1. The minimum atomic E-state index is -5.08. The molecule has 6 rings (SSSR count). The zero-order valence-electron chi connectivity index (χ0n) is 26.0. The van der Waals surface area contributed by atoms with Crippen LogP contribution in [0.15, 0.2) is 6.07 Å². The molecule has 0 radical (unpaired) electrons. The van der Waals surface area contributed by atoms with Gasteiger partial charge in [0.2, 0.25) is 5.88 Å². The number of aliphatic hydroxyl groups is 1. The Hall–Kier alpha value is -4.33. The predicted molar refractivity (Wildman–Crippen MR) is 156 cm³/mol. The van der Waals surface area contributed by atoms with Crippen molar-refractivity contribution in [1.82, 2.24) is 24.8 Å². The molecule has 2 fully saturated rings. The van der Waals surface area contributed by atoms with Crippen LogP contribution in [0.3, 0.4) is 0 Å². The van der Waals surface area contributed by atoms with Crippen molar-refractivity contribution in [3.63, 3.8) is 0 Å². The van der Waals surface area contributed by atoms with Crippen molar-refractivity contribution in [3.8, 4) is 23.3 Å². The Morgan fingerprint density at radius 1 is 1.16 bits per heavy atom. The van der Waals surface area contributed by atoms with Gasteiger partial charge in [-0.25, -0.2) is 23.5 Å². The van der Waals surface area contributed by atoms with Crippen LogP contribution in [0.25, 0.3) is 22.3 Å². The van der Waals surface area contributed by atoms with Crippen molar-refractivity contribution in [2.75, 3.05) is 50.6 Å². The van der Waals surface area contributed by atoms with Crippen molar-refractivity contribution in [2.45, 2.75) is 62.7 Å². The van der Waals surface area contributed by atoms with Gasteiger partial charge in [-0.05, 0) is 44.4 Å². The molecular weight excluding hydrogens is 678 g/mol. The number of nitrogen functional groups attached to an aromatic ring is 1. The maximum absolute atomic E-state index is 16.4. The molecule has 2 saturated heterocycles. The van der Waals surface area contributed by atoms with Crippen molar-refractivity contribution in [2.24, 2.45) is 0 Å². The zero-order chi connectivity index (χ0) is 36.1. The summed E-state index contributed by atoms with van der Waals surface area (Å²) >= 11 is 0. The fraction of sp³-hybridized carbons (Fsp3) is 0.552. The summed E-state index contributed by atoms with van der Waals surface area (Å²) in [7, 11) is 1.67. The number of anilines is 2. The molecule has 0 bridgehead atoms. The van der Waals surface area contributed by atoms with Crippen LogP contribution in [-0.2, 0) is 11.0 Å². The third kappa shape index (κ3) is 7.06. The van der Waals surface area contributed by atoms with E-state index < -0.39 is 58.8 Å². The van der Waals surface area contributed by atoms with E-state index in [4.69, 9.17) is 25.1 Å². The van der Waals surface area contributed by atoms with Crippen molar-refractivity contribution in [3.05, 3.63) is 23.0 Å². The number of carboxylic acid groups (broad SMARTS) is 1. The summed E-state index contributed by atoms with van der Waals surface area (Å²) in [5.41, 5.74) is 1.88. The van der Waals surface area contributed by atoms with Gasteiger partial charge in [-0.2, -0.15) is 36.3 Å². The van der Waals surface area contributed by atoms with Gasteiger partial charge in [-0.1, -0.05) is 0 Å². The summed E-state index contributed by atoms with van der Waals surface area (Å²) in [5, 5.41) is 16.8. The van der Waals surface area contributed by atoms with Crippen LogP contribution in [0.2, 0.25) is 0 Å². The first-order chi connectivity index (χ1) is 22.9. The number of aliphatic hydroxyl groups excluding tert-OH is 1. The Balaban J connectivity index is 0.000000606. The summed E-state index contributed by atoms with van der Waals surface area (Å²) < 4.78 is 117. The van der Waals surface area contributed by atoms with Crippen molar-refractivity contribution >= 4 is 28.5 Å². The Bertz CT molecular complexity index is 1740. The molecule has 0 unspecified atom stereocenters. The van der Waals surface area contributed by atoms with E-state index in [2.05, 4.69) is 19.9 Å². The third-order valence-corrected chi connectivity index (χ3v) is 8.69. The highest BCUT2D eigenvalue weighted by Gasteiger charge is 2.49. The van der Waals surface area contributed by atoms with Gasteiger partial charge in [0.05, 0.1) is 17.1 Å². The van der Waals surface area contributed by atoms with Crippen LogP contribution in [0, 0.1) is 12.7 Å². The van der Waals surface area contributed by atoms with Gasteiger partial charge in [-0.3, -0.25) is 4.90 Å². The van der Waals surface area contributed by atoms with Gasteiger partial charge < -0.3 is 30.3 Å². The Kier molecular flexibility index (Phi) is 9.67. The number of nitrogens with two attached hydrogens (primary N) is 1. The molecular formula is C29H31F8N7O5. The smallest absolute Gasteiger partial charge is 0.475 e. The lowest BCUT2D eigenvalue weighted by atomic mass is 9.95. The molecule has 3 aliphatic rings. The van der Waals surface area contributed by atoms with Crippen LogP contribution >= 0.6 is 0 Å². The SMILES string of the molecule is Cc1cc(N)nc(-c2nc3c4c(nc(OC[C@@]56CCCN5C[C@H](F)C6)nc4c2F)N(C)[C@@H](CCO)CO3)c1C(F)(F)F.O=C(O)C(F)(F)F. The molecule has 3 atom stereocenters. The molecule has 0 amide bonds. The number of fused-ring (bicyclic) bond motifs is 1. The largest absolute Gasteiger partial charge is 0.490 e. The minimum Gasteiger partial charge on any atom is -0.475 e. The second-order valence-electron chi connectivity index (χ2n) is 12.0. The van der Waals surface area contributed by atoms with E-state index in [1.54, 1.807) is 11.9 Å². The first-order valence-electron chi connectivity index (χ1n) is 14.9. The lowest BCUT2D eigenvalue weighted by molar-refractivity contribution is -0.192. The molecule has 3 aromatic rings. The molecule has 3 aliphatic heterocycles. The number of aromatic nitrogens is 4. The van der Waals surface area contributed by atoms with Gasteiger partial charge in [0.1, 0.15) is 53.3 Å². The Labute approximate surface area is 272 Å². The lowest BCUT2D eigenvalue weighted by Crippen LogP contribution is -2.43. The molecule has 0 spiro atoms. The van der Waals surface area contributed by atoms with E-state index >= 15 is 4.39 Å². The average molecular weight is 710 g/mol. The van der Waals surface area contributed by atoms with Gasteiger partial charge in [0, 0.05) is 26.6 Å². The standard InChI is InChI=1S/C27H30F5N7O3.C2HF3O2/c1-13-8-16(33)34-21(18(13)27(30,31)32)22-19(29)20-17-23(38(2)15(4-7-40)11-41-24(17)35-22)37-25(36-20)42-12-26-5-3-6-39(26)10-14(28)9-26;3-2(4,5)1(6)7/h8,14-15,40H,3-7,9-12H2,1-2H3,(H2,33,34);(H,6,7)/t14-,15+,26+;/m1./s1.